The first kappa shape index (κ1) is 13.0. The van der Waals surface area contributed by atoms with Crippen LogP contribution in [0.4, 0.5) is 5.69 Å². The molecule has 0 spiro atoms. The second kappa shape index (κ2) is 5.05. The van der Waals surface area contributed by atoms with Crippen LogP contribution in [0.5, 0.6) is 5.75 Å². The molecule has 1 aromatic carbocycles. The SMILES string of the molecule is COc1cc(Cl)c(C)cc1NCC1(C#N)COC1. The molecule has 1 aliphatic heterocycles. The third kappa shape index (κ3) is 2.38. The molecule has 1 fully saturated rings. The fraction of sp³-hybridized carbons (Fsp3) is 0.462. The lowest BCUT2D eigenvalue weighted by atomic mass is 9.88. The Bertz CT molecular complexity index is 492. The predicted octanol–water partition coefficient (Wildman–Crippen LogP) is 2.61. The van der Waals surface area contributed by atoms with E-state index in [1.165, 1.54) is 0 Å². The van der Waals surface area contributed by atoms with Crippen LogP contribution < -0.4 is 10.1 Å². The minimum absolute atomic E-state index is 0.418. The molecule has 96 valence electrons. The van der Waals surface area contributed by atoms with E-state index in [2.05, 4.69) is 11.4 Å². The lowest BCUT2D eigenvalue weighted by molar-refractivity contribution is -0.0690. The van der Waals surface area contributed by atoms with E-state index in [1.54, 1.807) is 13.2 Å². The Hall–Kier alpha value is -1.44. The van der Waals surface area contributed by atoms with Gasteiger partial charge in [0.1, 0.15) is 11.2 Å². The first-order valence-electron chi connectivity index (χ1n) is 5.67. The second-order valence-electron chi connectivity index (χ2n) is 4.54. The Balaban J connectivity index is 2.14. The maximum absolute atomic E-state index is 9.12. The monoisotopic (exact) mass is 266 g/mol. The quantitative estimate of drug-likeness (QED) is 0.910. The normalized spacial score (nSPS) is 16.6. The summed E-state index contributed by atoms with van der Waals surface area (Å²) in [5.74, 6) is 0.680. The van der Waals surface area contributed by atoms with Gasteiger partial charge in [-0.2, -0.15) is 5.26 Å². The molecule has 0 saturated carbocycles. The first-order valence-corrected chi connectivity index (χ1v) is 6.05. The van der Waals surface area contributed by atoms with Crippen molar-refractivity contribution >= 4 is 17.3 Å². The molecule has 1 aliphatic rings. The van der Waals surface area contributed by atoms with Crippen molar-refractivity contribution in [3.63, 3.8) is 0 Å². The van der Waals surface area contributed by atoms with E-state index in [0.717, 1.165) is 11.3 Å². The summed E-state index contributed by atoms with van der Waals surface area (Å²) < 4.78 is 10.4. The Morgan fingerprint density at radius 2 is 2.28 bits per heavy atom. The van der Waals surface area contributed by atoms with Crippen molar-refractivity contribution in [2.24, 2.45) is 5.41 Å². The molecule has 1 aromatic rings. The van der Waals surface area contributed by atoms with Crippen LogP contribution in [0, 0.1) is 23.7 Å². The summed E-state index contributed by atoms with van der Waals surface area (Å²) in [4.78, 5) is 0. The van der Waals surface area contributed by atoms with Gasteiger partial charge in [-0.1, -0.05) is 11.6 Å². The summed E-state index contributed by atoms with van der Waals surface area (Å²) in [6, 6.07) is 5.99. The molecule has 0 aliphatic carbocycles. The number of nitrogens with one attached hydrogen (secondary N) is 1. The lowest BCUT2D eigenvalue weighted by Gasteiger charge is -2.35. The van der Waals surface area contributed by atoms with Gasteiger partial charge in [0, 0.05) is 17.6 Å². The van der Waals surface area contributed by atoms with E-state index in [-0.39, 0.29) is 0 Å². The summed E-state index contributed by atoms with van der Waals surface area (Å²) >= 11 is 6.04. The number of benzene rings is 1. The Labute approximate surface area is 111 Å². The highest BCUT2D eigenvalue weighted by Gasteiger charge is 2.38. The number of hydrogen-bond acceptors (Lipinski definition) is 4. The maximum atomic E-state index is 9.12. The maximum Gasteiger partial charge on any atom is 0.143 e. The zero-order valence-electron chi connectivity index (χ0n) is 10.4. The molecule has 0 atom stereocenters. The highest BCUT2D eigenvalue weighted by molar-refractivity contribution is 6.31. The Morgan fingerprint density at radius 1 is 1.56 bits per heavy atom. The van der Waals surface area contributed by atoms with E-state index >= 15 is 0 Å². The van der Waals surface area contributed by atoms with Crippen molar-refractivity contribution in [1.29, 1.82) is 5.26 Å². The van der Waals surface area contributed by atoms with Crippen molar-refractivity contribution in [3.05, 3.63) is 22.7 Å². The van der Waals surface area contributed by atoms with Gasteiger partial charge in [0.05, 0.1) is 32.1 Å². The van der Waals surface area contributed by atoms with E-state index in [4.69, 9.17) is 26.3 Å². The van der Waals surface area contributed by atoms with E-state index < -0.39 is 5.41 Å². The molecule has 0 aromatic heterocycles. The van der Waals surface area contributed by atoms with Crippen molar-refractivity contribution in [2.45, 2.75) is 6.92 Å². The molecular formula is C13H15ClN2O2. The first-order chi connectivity index (χ1) is 8.60. The Kier molecular flexibility index (Phi) is 3.65. The second-order valence-corrected chi connectivity index (χ2v) is 4.95. The number of anilines is 1. The zero-order valence-corrected chi connectivity index (χ0v) is 11.2. The van der Waals surface area contributed by atoms with Crippen LogP contribution in [0.1, 0.15) is 5.56 Å². The molecule has 0 amide bonds. The van der Waals surface area contributed by atoms with Gasteiger partial charge >= 0.3 is 0 Å². The average Bonchev–Trinajstić information content (AvgIpc) is 2.32. The number of nitriles is 1. The predicted molar refractivity (Wildman–Crippen MR) is 70.1 cm³/mol. The molecule has 4 nitrogen and oxygen atoms in total. The molecule has 0 bridgehead atoms. The number of hydrogen-bond donors (Lipinski definition) is 1. The summed E-state index contributed by atoms with van der Waals surface area (Å²) in [7, 11) is 1.60. The van der Waals surface area contributed by atoms with Gasteiger partial charge in [0.15, 0.2) is 0 Å². The number of aryl methyl sites for hydroxylation is 1. The topological polar surface area (TPSA) is 54.3 Å². The van der Waals surface area contributed by atoms with Crippen LogP contribution in [0.25, 0.3) is 0 Å². The van der Waals surface area contributed by atoms with E-state index in [0.29, 0.717) is 30.5 Å². The fourth-order valence-electron chi connectivity index (χ4n) is 1.79. The van der Waals surface area contributed by atoms with Gasteiger partial charge in [-0.25, -0.2) is 0 Å². The number of halogens is 1. The standard InChI is InChI=1S/C13H15ClN2O2/c1-9-3-11(12(17-2)4-10(9)14)16-6-13(5-15)7-18-8-13/h3-4,16H,6-8H2,1-2H3. The number of rotatable bonds is 4. The number of ether oxygens (including phenoxy) is 2. The van der Waals surface area contributed by atoms with Crippen LogP contribution >= 0.6 is 11.6 Å². The molecule has 1 saturated heterocycles. The largest absolute Gasteiger partial charge is 0.495 e. The summed E-state index contributed by atoms with van der Waals surface area (Å²) in [5.41, 5.74) is 1.40. The average molecular weight is 267 g/mol. The van der Waals surface area contributed by atoms with Crippen LogP contribution in [-0.4, -0.2) is 26.9 Å². The van der Waals surface area contributed by atoms with Gasteiger partial charge in [-0.3, -0.25) is 0 Å². The third-order valence-corrected chi connectivity index (χ3v) is 3.50. The minimum Gasteiger partial charge on any atom is -0.495 e. The van der Waals surface area contributed by atoms with Crippen molar-refractivity contribution in [3.8, 4) is 11.8 Å². The highest BCUT2D eigenvalue weighted by Crippen LogP contribution is 2.33. The minimum atomic E-state index is -0.418. The Morgan fingerprint density at radius 3 is 2.78 bits per heavy atom. The molecule has 2 rings (SSSR count). The zero-order chi connectivity index (χ0) is 13.2. The highest BCUT2D eigenvalue weighted by atomic mass is 35.5. The van der Waals surface area contributed by atoms with Crippen LogP contribution in [-0.2, 0) is 4.74 Å². The molecule has 5 heteroatoms. The van der Waals surface area contributed by atoms with E-state index in [1.807, 2.05) is 13.0 Å². The van der Waals surface area contributed by atoms with Crippen molar-refractivity contribution in [2.75, 3.05) is 32.2 Å². The van der Waals surface area contributed by atoms with Gasteiger partial charge in [-0.05, 0) is 18.6 Å². The summed E-state index contributed by atoms with van der Waals surface area (Å²) in [6.07, 6.45) is 0. The third-order valence-electron chi connectivity index (χ3n) is 3.09. The van der Waals surface area contributed by atoms with Gasteiger partial charge in [0.25, 0.3) is 0 Å². The van der Waals surface area contributed by atoms with Crippen LogP contribution in [0.3, 0.4) is 0 Å². The van der Waals surface area contributed by atoms with Crippen LogP contribution in [0.2, 0.25) is 5.02 Å². The smallest absolute Gasteiger partial charge is 0.143 e. The van der Waals surface area contributed by atoms with Gasteiger partial charge in [0.2, 0.25) is 0 Å². The fourth-order valence-corrected chi connectivity index (χ4v) is 1.94. The van der Waals surface area contributed by atoms with Gasteiger partial charge in [-0.15, -0.1) is 0 Å². The summed E-state index contributed by atoms with van der Waals surface area (Å²) in [6.45, 7) is 3.43. The van der Waals surface area contributed by atoms with E-state index in [9.17, 15) is 0 Å². The molecule has 18 heavy (non-hydrogen) atoms. The molecule has 0 unspecified atom stereocenters. The van der Waals surface area contributed by atoms with Crippen LogP contribution in [0.15, 0.2) is 12.1 Å². The number of methoxy groups -OCH3 is 1. The molecule has 0 radical (unpaired) electrons. The molecule has 1 heterocycles. The molecule has 1 N–H and O–H groups in total. The summed E-state index contributed by atoms with van der Waals surface area (Å²) in [5, 5.41) is 13.0. The van der Waals surface area contributed by atoms with Gasteiger partial charge < -0.3 is 14.8 Å². The van der Waals surface area contributed by atoms with Crippen molar-refractivity contribution < 1.29 is 9.47 Å². The number of nitrogens with zero attached hydrogens (tertiary/aromatic N) is 1. The molecular weight excluding hydrogens is 252 g/mol. The van der Waals surface area contributed by atoms with Crippen molar-refractivity contribution in [1.82, 2.24) is 0 Å². The lowest BCUT2D eigenvalue weighted by Crippen LogP contribution is -2.46.